The molecule has 29 heteroatoms. The molecule has 0 saturated carbocycles. The van der Waals surface area contributed by atoms with Crippen molar-refractivity contribution in [1.82, 2.24) is 0 Å². The van der Waals surface area contributed by atoms with Gasteiger partial charge in [-0.2, -0.15) is 0 Å². The molecule has 0 radical (unpaired) electrons. The van der Waals surface area contributed by atoms with Gasteiger partial charge in [0, 0.05) is 0 Å². The molecule has 0 bridgehead atoms. The molecular weight excluding hydrogens is 1080 g/mol. The Morgan fingerprint density at radius 2 is 0.379 bits per heavy atom. The Morgan fingerprint density at radius 1 is 0.276 bits per heavy atom. The van der Waals surface area contributed by atoms with Gasteiger partial charge in [-0.15, -0.1) is 0 Å². The third kappa shape index (κ3) is 20.7. The Labute approximate surface area is 156 Å². The van der Waals surface area contributed by atoms with E-state index in [1.807, 2.05) is 0 Å². The molecule has 194 valence electrons. The Morgan fingerprint density at radius 3 is 0.448 bits per heavy atom. The van der Waals surface area contributed by atoms with Crippen LogP contribution in [0.3, 0.4) is 0 Å². The molecule has 0 aliphatic heterocycles. The summed E-state index contributed by atoms with van der Waals surface area (Å²) in [4.78, 5) is 0. The van der Waals surface area contributed by atoms with Gasteiger partial charge in [0.25, 0.3) is 0 Å². The molecule has 0 fully saturated rings. The zero-order chi connectivity index (χ0) is 25.0. The van der Waals surface area contributed by atoms with Crippen LogP contribution >= 0.6 is 0 Å². The van der Waals surface area contributed by atoms with Crippen LogP contribution in [0.5, 0.6) is 0 Å². The molecule has 0 aliphatic carbocycles. The van der Waals surface area contributed by atoms with Crippen molar-refractivity contribution in [2.24, 2.45) is 0 Å². The van der Waals surface area contributed by atoms with E-state index in [0.29, 0.717) is 5.86 Å². The fourth-order valence-corrected chi connectivity index (χ4v) is 48.9. The molecular formula is F20O4Te5. The fourth-order valence-electron chi connectivity index (χ4n) is 0.698. The minimum absolute atomic E-state index is 0.441. The van der Waals surface area contributed by atoms with Crippen molar-refractivity contribution in [3.05, 3.63) is 0 Å². The summed E-state index contributed by atoms with van der Waals surface area (Å²) in [6.07, 6.45) is 0. The van der Waals surface area contributed by atoms with Gasteiger partial charge in [-0.1, -0.05) is 0 Å². The summed E-state index contributed by atoms with van der Waals surface area (Å²) in [7, 11) is 0. The summed E-state index contributed by atoms with van der Waals surface area (Å²) >= 11 is -67.3. The van der Waals surface area contributed by atoms with Crippen LogP contribution in [0, 0.1) is 0 Å². The summed E-state index contributed by atoms with van der Waals surface area (Å²) in [5.74, 6) is 0. The molecule has 29 heavy (non-hydrogen) atoms. The maximum atomic E-state index is 12.1. The van der Waals surface area contributed by atoms with Crippen LogP contribution in [-0.4, -0.2) is 94.6 Å². The van der Waals surface area contributed by atoms with Gasteiger partial charge < -0.3 is 0 Å². The van der Waals surface area contributed by atoms with E-state index in [9.17, 15) is 57.8 Å². The van der Waals surface area contributed by atoms with E-state index in [1.54, 1.807) is 0 Å². The first-order chi connectivity index (χ1) is 10.7. The molecule has 0 N–H and O–H groups in total. The Balaban J connectivity index is 7.39. The van der Waals surface area contributed by atoms with Crippen molar-refractivity contribution < 1.29 is 63.7 Å². The van der Waals surface area contributed by atoms with Crippen LogP contribution in [0.25, 0.3) is 0 Å². The molecule has 0 rings (SSSR count). The zero-order valence-electron chi connectivity index (χ0n) is 11.2. The third-order valence-electron chi connectivity index (χ3n) is 0.848. The van der Waals surface area contributed by atoms with E-state index in [-0.39, 0.29) is 0 Å². The Kier molecular flexibility index (Phi) is 5.42. The predicted octanol–water partition coefficient (Wildman–Crippen LogP) is 6.23. The molecule has 0 amide bonds. The molecule has 0 aromatic heterocycles. The van der Waals surface area contributed by atoms with E-state index < -0.39 is 94.6 Å². The van der Waals surface area contributed by atoms with E-state index in [2.05, 4.69) is 0 Å². The van der Waals surface area contributed by atoms with Gasteiger partial charge in [-0.25, -0.2) is 0 Å². The van der Waals surface area contributed by atoms with Crippen LogP contribution < -0.4 is 0 Å². The van der Waals surface area contributed by atoms with Crippen molar-refractivity contribution >= 4 is 94.6 Å². The summed E-state index contributed by atoms with van der Waals surface area (Å²) in [5.41, 5.74) is 0. The predicted molar refractivity (Wildman–Crippen MR) is 55.3 cm³/mol. The fraction of sp³-hybridized carbons (Fsp3) is 0. The normalized spacial score (nSPS) is 28.0. The van der Waals surface area contributed by atoms with Crippen LogP contribution in [0.4, 0.5) is 57.8 Å². The average Bonchev–Trinajstić information content (AvgIpc) is 1.65. The Bertz CT molecular complexity index is 570. The summed E-state index contributed by atoms with van der Waals surface area (Å²) in [6, 6.07) is 0. The molecule has 0 unspecified atom stereocenters. The quantitative estimate of drug-likeness (QED) is 0.214. The first-order valence-electron chi connectivity index (χ1n) is 4.42. The molecule has 0 atom stereocenters. The van der Waals surface area contributed by atoms with Crippen LogP contribution in [0.15, 0.2) is 0 Å². The van der Waals surface area contributed by atoms with Crippen LogP contribution in [0.2, 0.25) is 0 Å². The van der Waals surface area contributed by atoms with Crippen molar-refractivity contribution in [2.75, 3.05) is 0 Å². The average molecular weight is 1080 g/mol. The Hall–Kier alpha value is 2.39. The zero-order valence-corrected chi connectivity index (χ0v) is 22.9. The molecule has 0 saturated heterocycles. The minimum atomic E-state index is -13.9. The molecule has 0 heterocycles. The number of halogens is 20. The van der Waals surface area contributed by atoms with Crippen LogP contribution in [0.1, 0.15) is 0 Å². The van der Waals surface area contributed by atoms with Crippen molar-refractivity contribution in [3.63, 3.8) is 0 Å². The molecule has 0 aliphatic rings. The standard InChI is InChI=1S/F20O4Te5/c1-26(2,3,4,5)21-25(22-27(6,7,8,9)10,23-28(11,12,13,14)15)24-29(16,17,18,19)20. The first-order valence-corrected chi connectivity index (χ1v) is 29.6. The van der Waals surface area contributed by atoms with Gasteiger partial charge in [-0.05, 0) is 0 Å². The maximum absolute atomic E-state index is 13.9. The second-order valence-electron chi connectivity index (χ2n) is 4.27. The first kappa shape index (κ1) is 31.4. The van der Waals surface area contributed by atoms with Crippen molar-refractivity contribution in [2.45, 2.75) is 0 Å². The van der Waals surface area contributed by atoms with E-state index in [1.165, 1.54) is 0 Å². The van der Waals surface area contributed by atoms with Crippen molar-refractivity contribution in [3.8, 4) is 0 Å². The molecule has 4 nitrogen and oxygen atoms in total. The van der Waals surface area contributed by atoms with Crippen molar-refractivity contribution in [1.29, 1.82) is 0 Å². The van der Waals surface area contributed by atoms with Gasteiger partial charge >= 0.3 is 158 Å². The number of hydrogen-bond donors (Lipinski definition) is 0. The summed E-state index contributed by atoms with van der Waals surface area (Å²) in [5, 5.41) is 0. The number of rotatable bonds is 8. The van der Waals surface area contributed by atoms with Gasteiger partial charge in [0.1, 0.15) is 0 Å². The molecule has 0 aromatic carbocycles. The number of hydrogen-bond acceptors (Lipinski definition) is 4. The van der Waals surface area contributed by atoms with E-state index in [0.717, 1.165) is 0 Å². The van der Waals surface area contributed by atoms with Gasteiger partial charge in [0.05, 0.1) is 0 Å². The van der Waals surface area contributed by atoms with E-state index >= 15 is 0 Å². The second-order valence-corrected chi connectivity index (χ2v) is 39.1. The van der Waals surface area contributed by atoms with Crippen LogP contribution in [-0.2, 0) is 5.86 Å². The summed E-state index contributed by atoms with van der Waals surface area (Å²) < 4.78 is 243. The molecule has 0 spiro atoms. The monoisotopic (exact) mass is 1090 g/mol. The summed E-state index contributed by atoms with van der Waals surface area (Å²) in [6.45, 7) is 0. The van der Waals surface area contributed by atoms with Gasteiger partial charge in [0.15, 0.2) is 0 Å². The molecule has 0 aromatic rings. The topological polar surface area (TPSA) is 36.9 Å². The third-order valence-corrected chi connectivity index (χ3v) is 38.1. The van der Waals surface area contributed by atoms with Gasteiger partial charge in [0.2, 0.25) is 0 Å². The van der Waals surface area contributed by atoms with E-state index in [4.69, 9.17) is 0 Å². The second kappa shape index (κ2) is 5.01. The SMILES string of the molecule is F[Te](F)(F)(F)(F)O[Te](O[Te](F)(F)(F)(F)F)(O[Te](F)(F)(F)(F)F)O[Te](F)(F)(F)(F)F. The van der Waals surface area contributed by atoms with Gasteiger partial charge in [-0.3, -0.25) is 0 Å².